The predicted octanol–water partition coefficient (Wildman–Crippen LogP) is 2.42. The van der Waals surface area contributed by atoms with Gasteiger partial charge in [0.25, 0.3) is 0 Å². The molecule has 0 bridgehead atoms. The lowest BCUT2D eigenvalue weighted by molar-refractivity contribution is 0.540. The van der Waals surface area contributed by atoms with Crippen molar-refractivity contribution in [2.75, 3.05) is 5.73 Å². The van der Waals surface area contributed by atoms with Crippen LogP contribution in [0.5, 0.6) is 0 Å². The average Bonchev–Trinajstić information content (AvgIpc) is 3.00. The van der Waals surface area contributed by atoms with Crippen molar-refractivity contribution in [2.45, 2.75) is 18.9 Å². The smallest absolute Gasteiger partial charge is 0.0953 e. The van der Waals surface area contributed by atoms with Crippen molar-refractivity contribution in [3.8, 4) is 11.3 Å². The van der Waals surface area contributed by atoms with Crippen molar-refractivity contribution in [1.82, 2.24) is 14.5 Å². The summed E-state index contributed by atoms with van der Waals surface area (Å²) in [6.07, 6.45) is 13.8. The first-order chi connectivity index (χ1) is 8.36. The zero-order valence-electron chi connectivity index (χ0n) is 9.45. The van der Waals surface area contributed by atoms with E-state index >= 15 is 0 Å². The molecule has 2 aromatic rings. The summed E-state index contributed by atoms with van der Waals surface area (Å²) in [5, 5.41) is 0. The van der Waals surface area contributed by atoms with Crippen LogP contribution in [0.1, 0.15) is 18.9 Å². The number of nitrogens with two attached hydrogens (primary N) is 1. The number of anilines is 1. The van der Waals surface area contributed by atoms with Gasteiger partial charge in [0.15, 0.2) is 0 Å². The number of imidazole rings is 1. The Morgan fingerprint density at radius 3 is 2.76 bits per heavy atom. The average molecular weight is 226 g/mol. The van der Waals surface area contributed by atoms with E-state index in [1.165, 1.54) is 0 Å². The molecule has 17 heavy (non-hydrogen) atoms. The van der Waals surface area contributed by atoms with Crippen molar-refractivity contribution in [1.29, 1.82) is 0 Å². The second-order valence-electron chi connectivity index (χ2n) is 4.25. The van der Waals surface area contributed by atoms with Gasteiger partial charge >= 0.3 is 0 Å². The van der Waals surface area contributed by atoms with Gasteiger partial charge in [-0.05, 0) is 18.9 Å². The fourth-order valence-corrected chi connectivity index (χ4v) is 2.25. The molecule has 2 aromatic heterocycles. The fraction of sp³-hybridized carbons (Fsp3) is 0.231. The van der Waals surface area contributed by atoms with Gasteiger partial charge < -0.3 is 10.3 Å². The van der Waals surface area contributed by atoms with Crippen LogP contribution in [0, 0.1) is 0 Å². The highest BCUT2D eigenvalue weighted by Gasteiger charge is 2.17. The lowest BCUT2D eigenvalue weighted by atomic mass is 10.1. The van der Waals surface area contributed by atoms with Gasteiger partial charge in [0.2, 0.25) is 0 Å². The highest BCUT2D eigenvalue weighted by molar-refractivity contribution is 5.72. The van der Waals surface area contributed by atoms with Crippen LogP contribution in [0.4, 0.5) is 5.69 Å². The van der Waals surface area contributed by atoms with Crippen molar-refractivity contribution >= 4 is 5.69 Å². The van der Waals surface area contributed by atoms with Crippen LogP contribution in [0.15, 0.2) is 43.1 Å². The maximum absolute atomic E-state index is 5.98. The molecular formula is C13H14N4. The molecule has 2 heterocycles. The third-order valence-corrected chi connectivity index (χ3v) is 3.17. The second kappa shape index (κ2) is 4.05. The second-order valence-corrected chi connectivity index (χ2v) is 4.25. The van der Waals surface area contributed by atoms with E-state index in [-0.39, 0.29) is 0 Å². The molecule has 0 atom stereocenters. The molecule has 0 fully saturated rings. The minimum atomic E-state index is 0.465. The van der Waals surface area contributed by atoms with Crippen LogP contribution in [0.2, 0.25) is 0 Å². The summed E-state index contributed by atoms with van der Waals surface area (Å²) in [5.74, 6) is 0. The summed E-state index contributed by atoms with van der Waals surface area (Å²) in [6, 6.07) is 2.28. The van der Waals surface area contributed by atoms with Crippen molar-refractivity contribution in [3.05, 3.63) is 43.1 Å². The van der Waals surface area contributed by atoms with Crippen LogP contribution < -0.4 is 5.73 Å². The Balaban J connectivity index is 2.04. The maximum atomic E-state index is 5.98. The molecule has 0 saturated heterocycles. The molecule has 1 aliphatic rings. The zero-order valence-corrected chi connectivity index (χ0v) is 9.45. The number of nitrogen functional groups attached to an aromatic ring is 1. The summed E-state index contributed by atoms with van der Waals surface area (Å²) in [7, 11) is 0. The van der Waals surface area contributed by atoms with Crippen molar-refractivity contribution < 1.29 is 0 Å². The lowest BCUT2D eigenvalue weighted by Gasteiger charge is -2.15. The molecule has 0 aromatic carbocycles. The minimum Gasteiger partial charge on any atom is -0.398 e. The number of hydrogen-bond donors (Lipinski definition) is 1. The third-order valence-electron chi connectivity index (χ3n) is 3.17. The van der Waals surface area contributed by atoms with Crippen LogP contribution >= 0.6 is 0 Å². The number of hydrogen-bond acceptors (Lipinski definition) is 3. The molecule has 0 aliphatic heterocycles. The zero-order chi connectivity index (χ0) is 11.7. The molecule has 0 unspecified atom stereocenters. The SMILES string of the molecule is Nc1ccncc1-c1cncn1C1CC=CC1. The Hall–Kier alpha value is -2.10. The Labute approximate surface area is 99.8 Å². The van der Waals surface area contributed by atoms with E-state index in [0.29, 0.717) is 6.04 Å². The van der Waals surface area contributed by atoms with Gasteiger partial charge in [-0.15, -0.1) is 0 Å². The number of allylic oxidation sites excluding steroid dienone is 2. The highest BCUT2D eigenvalue weighted by atomic mass is 15.1. The standard InChI is InChI=1S/C13H14N4/c14-12-5-6-15-7-11(12)13-8-16-9-17(13)10-3-1-2-4-10/h1-2,5-10H,3-4H2,(H2,14,15). The summed E-state index contributed by atoms with van der Waals surface area (Å²) in [5.41, 5.74) is 8.73. The van der Waals surface area contributed by atoms with E-state index in [1.54, 1.807) is 12.4 Å². The van der Waals surface area contributed by atoms with Crippen molar-refractivity contribution in [2.24, 2.45) is 0 Å². The molecule has 1 aliphatic carbocycles. The van der Waals surface area contributed by atoms with E-state index in [9.17, 15) is 0 Å². The molecule has 4 heteroatoms. The minimum absolute atomic E-state index is 0.465. The number of rotatable bonds is 2. The molecule has 3 rings (SSSR count). The molecule has 4 nitrogen and oxygen atoms in total. The Bertz CT molecular complexity index is 548. The topological polar surface area (TPSA) is 56.7 Å². The summed E-state index contributed by atoms with van der Waals surface area (Å²) in [4.78, 5) is 8.37. The summed E-state index contributed by atoms with van der Waals surface area (Å²) >= 11 is 0. The van der Waals surface area contributed by atoms with Gasteiger partial charge in [0.1, 0.15) is 0 Å². The van der Waals surface area contributed by atoms with E-state index < -0.39 is 0 Å². The Kier molecular flexibility index (Phi) is 2.40. The van der Waals surface area contributed by atoms with Crippen LogP contribution in [0.25, 0.3) is 11.3 Å². The molecule has 0 saturated carbocycles. The lowest BCUT2D eigenvalue weighted by Crippen LogP contribution is -2.06. The molecule has 0 radical (unpaired) electrons. The molecule has 86 valence electrons. The first kappa shape index (κ1) is 10.1. The van der Waals surface area contributed by atoms with Gasteiger partial charge in [-0.3, -0.25) is 4.98 Å². The van der Waals surface area contributed by atoms with Gasteiger partial charge in [0.05, 0.1) is 18.2 Å². The summed E-state index contributed by atoms with van der Waals surface area (Å²) < 4.78 is 2.19. The number of aromatic nitrogens is 3. The quantitative estimate of drug-likeness (QED) is 0.800. The number of nitrogens with zero attached hydrogens (tertiary/aromatic N) is 3. The number of pyridine rings is 1. The predicted molar refractivity (Wildman–Crippen MR) is 67.3 cm³/mol. The monoisotopic (exact) mass is 226 g/mol. The molecule has 0 spiro atoms. The summed E-state index contributed by atoms with van der Waals surface area (Å²) in [6.45, 7) is 0. The van der Waals surface area contributed by atoms with Gasteiger partial charge in [-0.25, -0.2) is 4.98 Å². The molecular weight excluding hydrogens is 212 g/mol. The van der Waals surface area contributed by atoms with Gasteiger partial charge in [-0.1, -0.05) is 12.2 Å². The highest BCUT2D eigenvalue weighted by Crippen LogP contribution is 2.31. The van der Waals surface area contributed by atoms with E-state index in [0.717, 1.165) is 29.8 Å². The van der Waals surface area contributed by atoms with E-state index in [4.69, 9.17) is 5.73 Å². The first-order valence-corrected chi connectivity index (χ1v) is 5.73. The van der Waals surface area contributed by atoms with Crippen LogP contribution in [-0.2, 0) is 0 Å². The van der Waals surface area contributed by atoms with E-state index in [1.807, 2.05) is 18.6 Å². The largest absolute Gasteiger partial charge is 0.398 e. The molecule has 0 amide bonds. The van der Waals surface area contributed by atoms with Gasteiger partial charge in [0, 0.05) is 29.7 Å². The third kappa shape index (κ3) is 1.71. The Morgan fingerprint density at radius 1 is 1.18 bits per heavy atom. The van der Waals surface area contributed by atoms with Gasteiger partial charge in [-0.2, -0.15) is 0 Å². The van der Waals surface area contributed by atoms with Crippen LogP contribution in [-0.4, -0.2) is 14.5 Å². The normalized spacial score (nSPS) is 15.5. The Morgan fingerprint density at radius 2 is 2.00 bits per heavy atom. The maximum Gasteiger partial charge on any atom is 0.0953 e. The molecule has 2 N–H and O–H groups in total. The van der Waals surface area contributed by atoms with Crippen molar-refractivity contribution in [3.63, 3.8) is 0 Å². The van der Waals surface area contributed by atoms with Crippen LogP contribution in [0.3, 0.4) is 0 Å². The fourth-order valence-electron chi connectivity index (χ4n) is 2.25. The van der Waals surface area contributed by atoms with E-state index in [2.05, 4.69) is 26.7 Å². The first-order valence-electron chi connectivity index (χ1n) is 5.73.